The molecule has 0 amide bonds. The van der Waals surface area contributed by atoms with Crippen molar-refractivity contribution in [2.45, 2.75) is 54.7 Å². The Morgan fingerprint density at radius 3 is 2.37 bits per heavy atom. The molecule has 9 atom stereocenters. The molecule has 4 N–H and O–H groups in total. The summed E-state index contributed by atoms with van der Waals surface area (Å²) in [6, 6.07) is 19.0. The summed E-state index contributed by atoms with van der Waals surface area (Å²) in [5.74, 6) is -1.85. The van der Waals surface area contributed by atoms with Crippen molar-refractivity contribution in [2.75, 3.05) is 34.5 Å². The maximum atomic E-state index is 13.4. The maximum Gasteiger partial charge on any atom is 0.312 e. The fourth-order valence-electron chi connectivity index (χ4n) is 7.08. The van der Waals surface area contributed by atoms with Gasteiger partial charge < -0.3 is 53.6 Å². The Balaban J connectivity index is 1.52. The van der Waals surface area contributed by atoms with Gasteiger partial charge in [0.1, 0.15) is 47.4 Å². The Morgan fingerprint density at radius 2 is 1.74 bits per heavy atom. The summed E-state index contributed by atoms with van der Waals surface area (Å²) in [6.07, 6.45) is -5.22. The number of carbonyl (C=O) groups is 1. The number of hydrogen-bond acceptors (Lipinski definition) is 12. The first kappa shape index (κ1) is 32.0. The van der Waals surface area contributed by atoms with Crippen LogP contribution in [0.15, 0.2) is 66.7 Å². The third-order valence-corrected chi connectivity index (χ3v) is 9.28. The number of benzene rings is 3. The molecule has 12 heteroatoms. The fourth-order valence-corrected chi connectivity index (χ4v) is 7.08. The smallest absolute Gasteiger partial charge is 0.312 e. The van der Waals surface area contributed by atoms with E-state index in [1.165, 1.54) is 27.4 Å². The van der Waals surface area contributed by atoms with Crippen LogP contribution in [0.2, 0.25) is 0 Å². The van der Waals surface area contributed by atoms with Gasteiger partial charge in [0.2, 0.25) is 6.29 Å². The van der Waals surface area contributed by atoms with E-state index in [0.717, 1.165) is 0 Å². The Labute approximate surface area is 266 Å². The SMILES string of the molecule is COC(=O)[C@H]1[C@@H](O)[C@@]2(O)c3c(OC)cc(O[C@@H]4O[C@@H]([C@H](O)CO)CO[C@H]4C)cc3O[C@@]2(c2ccc(OC)cc2)[C@@H]1c1ccccc1. The largest absolute Gasteiger partial charge is 0.497 e. The molecule has 46 heavy (non-hydrogen) atoms. The van der Waals surface area contributed by atoms with Gasteiger partial charge in [-0.1, -0.05) is 42.5 Å². The highest BCUT2D eigenvalue weighted by Gasteiger charge is 2.78. The Kier molecular flexibility index (Phi) is 8.61. The number of methoxy groups -OCH3 is 3. The summed E-state index contributed by atoms with van der Waals surface area (Å²) in [4.78, 5) is 13.4. The predicted molar refractivity (Wildman–Crippen MR) is 161 cm³/mol. The van der Waals surface area contributed by atoms with Gasteiger partial charge in [0.25, 0.3) is 0 Å². The molecule has 0 spiro atoms. The van der Waals surface area contributed by atoms with Crippen molar-refractivity contribution in [1.29, 1.82) is 0 Å². The van der Waals surface area contributed by atoms with Crippen molar-refractivity contribution < 1.29 is 58.4 Å². The van der Waals surface area contributed by atoms with Crippen molar-refractivity contribution in [3.05, 3.63) is 83.4 Å². The highest BCUT2D eigenvalue weighted by Crippen LogP contribution is 2.70. The van der Waals surface area contributed by atoms with E-state index < -0.39 is 66.3 Å². The number of aliphatic hydroxyl groups excluding tert-OH is 3. The summed E-state index contributed by atoms with van der Waals surface area (Å²) >= 11 is 0. The summed E-state index contributed by atoms with van der Waals surface area (Å²) in [6.45, 7) is 1.29. The van der Waals surface area contributed by atoms with Gasteiger partial charge in [0.15, 0.2) is 11.2 Å². The van der Waals surface area contributed by atoms with Crippen LogP contribution in [-0.2, 0) is 30.2 Å². The van der Waals surface area contributed by atoms with Crippen LogP contribution in [0.4, 0.5) is 0 Å². The summed E-state index contributed by atoms with van der Waals surface area (Å²) in [5, 5.41) is 44.6. The van der Waals surface area contributed by atoms with Gasteiger partial charge in [-0.2, -0.15) is 0 Å². The molecule has 6 rings (SSSR count). The van der Waals surface area contributed by atoms with Crippen molar-refractivity contribution in [3.63, 3.8) is 0 Å². The number of hydrogen-bond donors (Lipinski definition) is 4. The van der Waals surface area contributed by atoms with Gasteiger partial charge in [-0.25, -0.2) is 0 Å². The zero-order valence-electron chi connectivity index (χ0n) is 25.9. The lowest BCUT2D eigenvalue weighted by atomic mass is 9.70. The Bertz CT molecular complexity index is 1550. The van der Waals surface area contributed by atoms with E-state index in [4.69, 9.17) is 33.2 Å². The van der Waals surface area contributed by atoms with E-state index in [2.05, 4.69) is 0 Å². The molecule has 2 heterocycles. The van der Waals surface area contributed by atoms with Crippen molar-refractivity contribution in [1.82, 2.24) is 0 Å². The van der Waals surface area contributed by atoms with Crippen LogP contribution in [0, 0.1) is 5.92 Å². The third-order valence-electron chi connectivity index (χ3n) is 9.28. The van der Waals surface area contributed by atoms with Crippen LogP contribution in [0.3, 0.4) is 0 Å². The molecule has 2 aliphatic heterocycles. The number of esters is 1. The highest BCUT2D eigenvalue weighted by molar-refractivity contribution is 5.78. The quantitative estimate of drug-likeness (QED) is 0.253. The number of ether oxygens (including phenoxy) is 7. The number of aliphatic hydroxyl groups is 4. The van der Waals surface area contributed by atoms with Gasteiger partial charge in [-0.15, -0.1) is 0 Å². The van der Waals surface area contributed by atoms with Gasteiger partial charge in [0.05, 0.1) is 46.0 Å². The first-order valence-corrected chi connectivity index (χ1v) is 15.0. The summed E-state index contributed by atoms with van der Waals surface area (Å²) in [5.41, 5.74) is -2.77. The molecule has 0 aromatic heterocycles. The lowest BCUT2D eigenvalue weighted by Crippen LogP contribution is -2.52. The number of carbonyl (C=O) groups excluding carboxylic acids is 1. The lowest BCUT2D eigenvalue weighted by molar-refractivity contribution is -0.261. The monoisotopic (exact) mass is 638 g/mol. The molecule has 2 fully saturated rings. The van der Waals surface area contributed by atoms with Crippen LogP contribution < -0.4 is 18.9 Å². The van der Waals surface area contributed by atoms with E-state index in [0.29, 0.717) is 16.9 Å². The maximum absolute atomic E-state index is 13.4. The molecule has 1 saturated carbocycles. The highest BCUT2D eigenvalue weighted by atomic mass is 16.7. The van der Waals surface area contributed by atoms with Crippen LogP contribution >= 0.6 is 0 Å². The molecular formula is C34H38O12. The minimum atomic E-state index is -2.23. The summed E-state index contributed by atoms with van der Waals surface area (Å²) < 4.78 is 41.0. The summed E-state index contributed by atoms with van der Waals surface area (Å²) in [7, 11) is 4.17. The van der Waals surface area contributed by atoms with Gasteiger partial charge in [0, 0.05) is 18.1 Å². The second kappa shape index (κ2) is 12.4. The average Bonchev–Trinajstić information content (AvgIpc) is 3.46. The molecule has 3 aliphatic rings. The molecule has 3 aromatic carbocycles. The van der Waals surface area contributed by atoms with Crippen LogP contribution in [0.25, 0.3) is 0 Å². The molecule has 1 saturated heterocycles. The van der Waals surface area contributed by atoms with Crippen molar-refractivity contribution >= 4 is 5.97 Å². The molecule has 0 unspecified atom stereocenters. The van der Waals surface area contributed by atoms with Gasteiger partial charge >= 0.3 is 5.97 Å². The third kappa shape index (κ3) is 4.79. The van der Waals surface area contributed by atoms with Crippen molar-refractivity contribution in [2.24, 2.45) is 5.92 Å². The fraction of sp³-hybridized carbons (Fsp3) is 0.441. The average molecular weight is 639 g/mol. The zero-order chi connectivity index (χ0) is 32.8. The molecule has 246 valence electrons. The second-order valence-corrected chi connectivity index (χ2v) is 11.7. The van der Waals surface area contributed by atoms with E-state index in [1.54, 1.807) is 49.4 Å². The second-order valence-electron chi connectivity index (χ2n) is 11.7. The van der Waals surface area contributed by atoms with Crippen molar-refractivity contribution in [3.8, 4) is 23.0 Å². The Hall–Kier alpha value is -3.91. The predicted octanol–water partition coefficient (Wildman–Crippen LogP) is 1.99. The number of fused-ring (bicyclic) bond motifs is 3. The van der Waals surface area contributed by atoms with E-state index in [9.17, 15) is 25.2 Å². The first-order valence-electron chi connectivity index (χ1n) is 15.0. The van der Waals surface area contributed by atoms with Gasteiger partial charge in [-0.3, -0.25) is 4.79 Å². The van der Waals surface area contributed by atoms with Gasteiger partial charge in [-0.05, 0) is 30.2 Å². The molecule has 0 bridgehead atoms. The lowest BCUT2D eigenvalue weighted by Gasteiger charge is -2.40. The molecule has 12 nitrogen and oxygen atoms in total. The molecule has 0 radical (unpaired) electrons. The molecule has 3 aromatic rings. The van der Waals surface area contributed by atoms with Crippen LogP contribution in [0.1, 0.15) is 29.5 Å². The van der Waals surface area contributed by atoms with E-state index in [1.807, 2.05) is 18.2 Å². The number of rotatable bonds is 9. The van der Waals surface area contributed by atoms with Crippen LogP contribution in [0.5, 0.6) is 23.0 Å². The Morgan fingerprint density at radius 1 is 1.02 bits per heavy atom. The molecule has 1 aliphatic carbocycles. The van der Waals surface area contributed by atoms with E-state index in [-0.39, 0.29) is 29.4 Å². The minimum Gasteiger partial charge on any atom is -0.497 e. The topological polar surface area (TPSA) is 163 Å². The minimum absolute atomic E-state index is 0.0664. The van der Waals surface area contributed by atoms with E-state index >= 15 is 0 Å². The molecular weight excluding hydrogens is 600 g/mol. The normalized spacial score (nSPS) is 32.1. The first-order chi connectivity index (χ1) is 22.1. The standard InChI is InChI=1S/C34H38O12/c1-18-32(45-26(17-43-18)23(36)16-35)44-22-14-24(41-3)29-25(15-22)46-34(20-10-12-21(40-2)13-11-20)28(19-8-6-5-7-9-19)27(31(38)42-4)30(37)33(29,34)39/h5-15,18,23,26-28,30,32,35-37,39H,16-17H2,1-4H3/t18-,23+,26+,27+,28+,30+,32+,33-,34-/m0/s1. The zero-order valence-corrected chi connectivity index (χ0v) is 25.9. The van der Waals surface area contributed by atoms with Crippen LogP contribution in [-0.4, -0.2) is 91.6 Å².